The molecule has 0 aromatic carbocycles. The molecule has 0 rings (SSSR count). The third-order valence-electron chi connectivity index (χ3n) is 3.32. The molecule has 0 aliphatic rings. The number of hydrogen-bond acceptors (Lipinski definition) is 1. The summed E-state index contributed by atoms with van der Waals surface area (Å²) in [6.45, 7) is 2.25. The van der Waals surface area contributed by atoms with Crippen molar-refractivity contribution in [1.82, 2.24) is 0 Å². The lowest BCUT2D eigenvalue weighted by molar-refractivity contribution is -0.131. The largest absolute Gasteiger partial charge is 0.478 e. The van der Waals surface area contributed by atoms with Crippen molar-refractivity contribution in [2.75, 3.05) is 0 Å². The first kappa shape index (κ1) is 22.6. The van der Waals surface area contributed by atoms with E-state index in [1.54, 1.807) is 12.2 Å². The van der Waals surface area contributed by atoms with E-state index in [2.05, 4.69) is 25.2 Å². The third-order valence-corrected chi connectivity index (χ3v) is 3.32. The van der Waals surface area contributed by atoms with Crippen LogP contribution in [-0.4, -0.2) is 11.1 Å². The number of aliphatic carboxylic acids is 1. The Morgan fingerprint density at radius 2 is 1.08 bits per heavy atom. The van der Waals surface area contributed by atoms with E-state index in [4.69, 9.17) is 5.11 Å². The molecule has 0 unspecified atom stereocenters. The molecule has 136 valence electrons. The van der Waals surface area contributed by atoms with Gasteiger partial charge in [0.15, 0.2) is 0 Å². The number of carbonyl (C=O) groups is 1. The van der Waals surface area contributed by atoms with Gasteiger partial charge in [0.25, 0.3) is 0 Å². The monoisotopic (exact) mass is 340 g/mol. The molecular weight excluding hydrogens is 308 g/mol. The molecule has 0 saturated carbocycles. The van der Waals surface area contributed by atoms with Gasteiger partial charge in [0.2, 0.25) is 0 Å². The highest BCUT2D eigenvalue weighted by atomic mass is 16.4. The molecule has 2 nitrogen and oxygen atoms in total. The van der Waals surface area contributed by atoms with Gasteiger partial charge in [-0.05, 0) is 12.8 Å². The zero-order valence-corrected chi connectivity index (χ0v) is 15.4. The lowest BCUT2D eigenvalue weighted by Crippen LogP contribution is -1.84. The Kier molecular flexibility index (Phi) is 17.8. The summed E-state index contributed by atoms with van der Waals surface area (Å²) in [5.74, 6) is -0.941. The van der Waals surface area contributed by atoms with Crippen molar-refractivity contribution >= 4 is 5.97 Å². The average molecular weight is 341 g/mol. The quantitative estimate of drug-likeness (QED) is 0.217. The number of carboxylic acids is 1. The first-order valence-electron chi connectivity index (χ1n) is 9.17. The highest BCUT2D eigenvalue weighted by Gasteiger charge is 1.87. The third kappa shape index (κ3) is 21.6. The van der Waals surface area contributed by atoms with E-state index in [1.807, 2.05) is 42.5 Å². The molecule has 0 amide bonds. The number of allylic oxidation sites excluding steroid dienone is 13. The molecule has 0 bridgehead atoms. The van der Waals surface area contributed by atoms with Crippen LogP contribution in [0.5, 0.6) is 0 Å². The van der Waals surface area contributed by atoms with Gasteiger partial charge in [-0.15, -0.1) is 0 Å². The van der Waals surface area contributed by atoms with E-state index >= 15 is 0 Å². The van der Waals surface area contributed by atoms with Crippen molar-refractivity contribution in [2.45, 2.75) is 51.9 Å². The molecule has 0 fully saturated rings. The summed E-state index contributed by atoms with van der Waals surface area (Å²) >= 11 is 0. The minimum Gasteiger partial charge on any atom is -0.478 e. The van der Waals surface area contributed by atoms with E-state index in [0.29, 0.717) is 0 Å². The zero-order valence-electron chi connectivity index (χ0n) is 15.4. The molecule has 0 heterocycles. The lowest BCUT2D eigenvalue weighted by atomic mass is 10.1. The SMILES string of the molecule is CCCCCCCCC=CC=CC=CC=CC=CC=CC=CC(=O)O. The van der Waals surface area contributed by atoms with Gasteiger partial charge >= 0.3 is 5.97 Å². The fraction of sp³-hybridized carbons (Fsp3) is 0.348. The first-order valence-corrected chi connectivity index (χ1v) is 9.17. The standard InChI is InChI=1S/C23H32O2/c1-2-3-4-5-6-7-8-9-10-11-12-13-14-15-16-17-18-19-20-21-22-23(24)25/h9-22H,2-8H2,1H3,(H,24,25). The first-order chi connectivity index (χ1) is 12.3. The van der Waals surface area contributed by atoms with E-state index in [-0.39, 0.29) is 0 Å². The Morgan fingerprint density at radius 1 is 0.640 bits per heavy atom. The Hall–Kier alpha value is -2.35. The second kappa shape index (κ2) is 19.7. The summed E-state index contributed by atoms with van der Waals surface area (Å²) in [5, 5.41) is 8.40. The van der Waals surface area contributed by atoms with E-state index in [9.17, 15) is 4.79 Å². The molecule has 0 aromatic rings. The average Bonchev–Trinajstić information content (AvgIpc) is 2.60. The fourth-order valence-electron chi connectivity index (χ4n) is 2.00. The van der Waals surface area contributed by atoms with Crippen LogP contribution < -0.4 is 0 Å². The molecule has 0 saturated heterocycles. The maximum absolute atomic E-state index is 10.2. The van der Waals surface area contributed by atoms with Gasteiger partial charge in [-0.1, -0.05) is 118 Å². The Balaban J connectivity index is 3.67. The summed E-state index contributed by atoms with van der Waals surface area (Å²) in [7, 11) is 0. The molecule has 0 spiro atoms. The van der Waals surface area contributed by atoms with Gasteiger partial charge in [0, 0.05) is 6.08 Å². The summed E-state index contributed by atoms with van der Waals surface area (Å²) in [5.41, 5.74) is 0. The van der Waals surface area contributed by atoms with Crippen molar-refractivity contribution in [3.8, 4) is 0 Å². The van der Waals surface area contributed by atoms with E-state index in [1.165, 1.54) is 51.0 Å². The van der Waals surface area contributed by atoms with Crippen LogP contribution in [-0.2, 0) is 4.79 Å². The number of hydrogen-bond donors (Lipinski definition) is 1. The van der Waals surface area contributed by atoms with Gasteiger partial charge in [-0.3, -0.25) is 0 Å². The summed E-state index contributed by atoms with van der Waals surface area (Å²) < 4.78 is 0. The summed E-state index contributed by atoms with van der Waals surface area (Å²) in [4.78, 5) is 10.2. The predicted octanol–water partition coefficient (Wildman–Crippen LogP) is 6.72. The minimum absolute atomic E-state index is 0.941. The summed E-state index contributed by atoms with van der Waals surface area (Å²) in [6, 6.07) is 0. The van der Waals surface area contributed by atoms with E-state index in [0.717, 1.165) is 6.08 Å². The van der Waals surface area contributed by atoms with Gasteiger partial charge in [0.05, 0.1) is 0 Å². The van der Waals surface area contributed by atoms with Gasteiger partial charge < -0.3 is 5.11 Å². The predicted molar refractivity (Wildman–Crippen MR) is 110 cm³/mol. The van der Waals surface area contributed by atoms with E-state index < -0.39 is 5.97 Å². The number of carboxylic acid groups (broad SMARTS) is 1. The molecule has 25 heavy (non-hydrogen) atoms. The molecule has 0 aliphatic carbocycles. The smallest absolute Gasteiger partial charge is 0.328 e. The normalized spacial score (nSPS) is 13.3. The summed E-state index contributed by atoms with van der Waals surface area (Å²) in [6.07, 6.45) is 35.2. The van der Waals surface area contributed by atoms with Crippen molar-refractivity contribution in [2.24, 2.45) is 0 Å². The minimum atomic E-state index is -0.941. The highest BCUT2D eigenvalue weighted by molar-refractivity contribution is 5.80. The Morgan fingerprint density at radius 3 is 1.60 bits per heavy atom. The van der Waals surface area contributed by atoms with Crippen LogP contribution in [0.3, 0.4) is 0 Å². The molecule has 2 heteroatoms. The maximum atomic E-state index is 10.2. The molecule has 0 radical (unpaired) electrons. The molecule has 0 atom stereocenters. The Bertz CT molecular complexity index is 514. The van der Waals surface area contributed by atoms with Gasteiger partial charge in [0.1, 0.15) is 0 Å². The molecule has 1 N–H and O–H groups in total. The fourth-order valence-corrected chi connectivity index (χ4v) is 2.00. The highest BCUT2D eigenvalue weighted by Crippen LogP contribution is 2.07. The zero-order chi connectivity index (χ0) is 18.4. The van der Waals surface area contributed by atoms with Crippen molar-refractivity contribution in [3.63, 3.8) is 0 Å². The molecular formula is C23H32O2. The van der Waals surface area contributed by atoms with Crippen LogP contribution in [0.15, 0.2) is 85.1 Å². The van der Waals surface area contributed by atoms with Crippen molar-refractivity contribution < 1.29 is 9.90 Å². The Labute approximate surface area is 153 Å². The van der Waals surface area contributed by atoms with Crippen LogP contribution in [0.2, 0.25) is 0 Å². The lowest BCUT2D eigenvalue weighted by Gasteiger charge is -1.97. The van der Waals surface area contributed by atoms with Gasteiger partial charge in [-0.2, -0.15) is 0 Å². The van der Waals surface area contributed by atoms with Gasteiger partial charge in [-0.25, -0.2) is 4.79 Å². The molecule has 0 aliphatic heterocycles. The van der Waals surface area contributed by atoms with Crippen LogP contribution in [0.25, 0.3) is 0 Å². The number of rotatable bonds is 14. The van der Waals surface area contributed by atoms with Crippen LogP contribution >= 0.6 is 0 Å². The van der Waals surface area contributed by atoms with Crippen molar-refractivity contribution in [3.05, 3.63) is 85.1 Å². The topological polar surface area (TPSA) is 37.3 Å². The van der Waals surface area contributed by atoms with Crippen LogP contribution in [0.1, 0.15) is 51.9 Å². The van der Waals surface area contributed by atoms with Crippen LogP contribution in [0.4, 0.5) is 0 Å². The maximum Gasteiger partial charge on any atom is 0.328 e. The van der Waals surface area contributed by atoms with Crippen LogP contribution in [0, 0.1) is 0 Å². The second-order valence-corrected chi connectivity index (χ2v) is 5.61. The second-order valence-electron chi connectivity index (χ2n) is 5.61. The molecule has 0 aromatic heterocycles. The van der Waals surface area contributed by atoms with Crippen molar-refractivity contribution in [1.29, 1.82) is 0 Å². The number of unbranched alkanes of at least 4 members (excludes halogenated alkanes) is 6.